The lowest BCUT2D eigenvalue weighted by molar-refractivity contribution is 0.565. The number of para-hydroxylation sites is 1. The van der Waals surface area contributed by atoms with Gasteiger partial charge < -0.3 is 14.8 Å². The molecule has 5 rings (SSSR count). The molecule has 3 heterocycles. The lowest BCUT2D eigenvalue weighted by atomic mass is 9.96. The summed E-state index contributed by atoms with van der Waals surface area (Å²) in [6.07, 6.45) is 1.85. The van der Waals surface area contributed by atoms with Crippen LogP contribution >= 0.6 is 12.2 Å². The second kappa shape index (κ2) is 8.73. The molecular formula is C29H30N4S. The Bertz CT molecular complexity index is 1370. The minimum absolute atomic E-state index is 0.0199. The standard InChI is InChI=1S/C29H30N4S/c1-18-13-14-23(16-20(18)3)33-28(27(31-29(33)34)25-11-8-9-15-30-25)24-17-21(4)32(22(24)5)26-12-7-6-10-19(26)2/h6-17,27-28H,1-5H3,(H,31,34)/t27-,28-/m1/s1. The highest BCUT2D eigenvalue weighted by Crippen LogP contribution is 2.44. The molecule has 2 aromatic carbocycles. The highest BCUT2D eigenvalue weighted by atomic mass is 32.1. The first-order valence-corrected chi connectivity index (χ1v) is 12.1. The summed E-state index contributed by atoms with van der Waals surface area (Å²) in [5.74, 6) is 0. The second-order valence-corrected chi connectivity index (χ2v) is 9.60. The quantitative estimate of drug-likeness (QED) is 0.344. The molecule has 1 fully saturated rings. The van der Waals surface area contributed by atoms with E-state index in [1.807, 2.05) is 18.3 Å². The fourth-order valence-corrected chi connectivity index (χ4v) is 5.44. The predicted octanol–water partition coefficient (Wildman–Crippen LogP) is 6.59. The van der Waals surface area contributed by atoms with E-state index in [-0.39, 0.29) is 12.1 Å². The molecule has 0 aliphatic carbocycles. The zero-order valence-electron chi connectivity index (χ0n) is 20.3. The molecule has 2 atom stereocenters. The van der Waals surface area contributed by atoms with E-state index in [1.54, 1.807) is 0 Å². The van der Waals surface area contributed by atoms with Gasteiger partial charge in [-0.05, 0) is 105 Å². The number of pyridine rings is 1. The molecule has 4 nitrogen and oxygen atoms in total. The van der Waals surface area contributed by atoms with Crippen LogP contribution in [0.15, 0.2) is 72.9 Å². The van der Waals surface area contributed by atoms with Crippen LogP contribution in [0.1, 0.15) is 51.4 Å². The molecule has 1 saturated heterocycles. The van der Waals surface area contributed by atoms with E-state index in [4.69, 9.17) is 17.2 Å². The number of benzene rings is 2. The smallest absolute Gasteiger partial charge is 0.174 e. The maximum Gasteiger partial charge on any atom is 0.174 e. The van der Waals surface area contributed by atoms with E-state index in [0.29, 0.717) is 0 Å². The number of hydrogen-bond donors (Lipinski definition) is 1. The monoisotopic (exact) mass is 466 g/mol. The molecular weight excluding hydrogens is 436 g/mol. The van der Waals surface area contributed by atoms with Gasteiger partial charge in [-0.1, -0.05) is 30.3 Å². The van der Waals surface area contributed by atoms with E-state index in [2.05, 4.69) is 104 Å². The number of anilines is 1. The summed E-state index contributed by atoms with van der Waals surface area (Å²) in [5.41, 5.74) is 10.8. The molecule has 172 valence electrons. The van der Waals surface area contributed by atoms with Crippen LogP contribution in [0.3, 0.4) is 0 Å². The summed E-state index contributed by atoms with van der Waals surface area (Å²) in [4.78, 5) is 6.98. The van der Waals surface area contributed by atoms with Crippen LogP contribution in [-0.2, 0) is 0 Å². The molecule has 0 bridgehead atoms. The Labute approximate surface area is 207 Å². The highest BCUT2D eigenvalue weighted by molar-refractivity contribution is 7.80. The Hall–Kier alpha value is -3.44. The third kappa shape index (κ3) is 3.70. The van der Waals surface area contributed by atoms with Gasteiger partial charge in [-0.3, -0.25) is 4.98 Å². The highest BCUT2D eigenvalue weighted by Gasteiger charge is 2.42. The molecule has 2 aromatic heterocycles. The van der Waals surface area contributed by atoms with Gasteiger partial charge in [0.25, 0.3) is 0 Å². The molecule has 0 amide bonds. The zero-order chi connectivity index (χ0) is 24.0. The van der Waals surface area contributed by atoms with Gasteiger partial charge in [0.15, 0.2) is 5.11 Å². The largest absolute Gasteiger partial charge is 0.351 e. The third-order valence-electron chi connectivity index (χ3n) is 7.01. The predicted molar refractivity (Wildman–Crippen MR) is 144 cm³/mol. The average Bonchev–Trinajstić information content (AvgIpc) is 3.32. The van der Waals surface area contributed by atoms with Gasteiger partial charge in [-0.25, -0.2) is 0 Å². The van der Waals surface area contributed by atoms with Crippen LogP contribution < -0.4 is 10.2 Å². The number of aryl methyl sites for hydroxylation is 4. The number of thiocarbonyl (C=S) groups is 1. The minimum atomic E-state index is -0.0545. The van der Waals surface area contributed by atoms with Crippen molar-refractivity contribution in [2.24, 2.45) is 0 Å². The molecule has 5 heteroatoms. The van der Waals surface area contributed by atoms with Crippen LogP contribution in [-0.4, -0.2) is 14.7 Å². The lowest BCUT2D eigenvalue weighted by Crippen LogP contribution is -2.29. The number of rotatable bonds is 4. The van der Waals surface area contributed by atoms with E-state index < -0.39 is 0 Å². The fourth-order valence-electron chi connectivity index (χ4n) is 5.10. The van der Waals surface area contributed by atoms with E-state index in [9.17, 15) is 0 Å². The minimum Gasteiger partial charge on any atom is -0.351 e. The Balaban J connectivity index is 1.70. The SMILES string of the molecule is Cc1ccc(N2C(=S)N[C@H](c3ccccn3)[C@H]2c2cc(C)n(-c3ccccc3C)c2C)cc1C. The maximum atomic E-state index is 5.93. The van der Waals surface area contributed by atoms with Crippen LogP contribution in [0, 0.1) is 34.6 Å². The van der Waals surface area contributed by atoms with Gasteiger partial charge in [0.2, 0.25) is 0 Å². The summed E-state index contributed by atoms with van der Waals surface area (Å²) in [7, 11) is 0. The van der Waals surface area contributed by atoms with Crippen molar-refractivity contribution in [1.82, 2.24) is 14.9 Å². The molecule has 1 aliphatic heterocycles. The molecule has 0 saturated carbocycles. The van der Waals surface area contributed by atoms with Crippen molar-refractivity contribution in [1.29, 1.82) is 0 Å². The molecule has 1 N–H and O–H groups in total. The van der Waals surface area contributed by atoms with Crippen LogP contribution in [0.4, 0.5) is 5.69 Å². The van der Waals surface area contributed by atoms with Gasteiger partial charge in [-0.2, -0.15) is 0 Å². The Kier molecular flexibility index (Phi) is 5.74. The average molecular weight is 467 g/mol. The fraction of sp³-hybridized carbons (Fsp3) is 0.241. The Morgan fingerprint density at radius 1 is 0.824 bits per heavy atom. The summed E-state index contributed by atoms with van der Waals surface area (Å²) in [6.45, 7) is 10.9. The topological polar surface area (TPSA) is 33.1 Å². The van der Waals surface area contributed by atoms with Crippen LogP contribution in [0.2, 0.25) is 0 Å². The van der Waals surface area contributed by atoms with E-state index in [0.717, 1.165) is 16.5 Å². The molecule has 0 radical (unpaired) electrons. The van der Waals surface area contributed by atoms with Crippen molar-refractivity contribution in [3.63, 3.8) is 0 Å². The summed E-state index contributed by atoms with van der Waals surface area (Å²) < 4.78 is 2.36. The number of nitrogens with zero attached hydrogens (tertiary/aromatic N) is 3. The van der Waals surface area contributed by atoms with Gasteiger partial charge >= 0.3 is 0 Å². The van der Waals surface area contributed by atoms with Crippen LogP contribution in [0.5, 0.6) is 0 Å². The first kappa shape index (κ1) is 22.4. The van der Waals surface area contributed by atoms with Gasteiger partial charge in [0.1, 0.15) is 0 Å². The normalized spacial score (nSPS) is 17.8. The van der Waals surface area contributed by atoms with E-state index in [1.165, 1.54) is 39.3 Å². The van der Waals surface area contributed by atoms with Crippen molar-refractivity contribution in [2.45, 2.75) is 46.7 Å². The summed E-state index contributed by atoms with van der Waals surface area (Å²) >= 11 is 5.93. The van der Waals surface area contributed by atoms with Crippen LogP contribution in [0.25, 0.3) is 5.69 Å². The molecule has 1 aliphatic rings. The molecule has 0 unspecified atom stereocenters. The third-order valence-corrected chi connectivity index (χ3v) is 7.33. The Morgan fingerprint density at radius 3 is 2.29 bits per heavy atom. The van der Waals surface area contributed by atoms with Crippen molar-refractivity contribution < 1.29 is 0 Å². The Morgan fingerprint density at radius 2 is 1.59 bits per heavy atom. The van der Waals surface area contributed by atoms with Gasteiger partial charge in [-0.15, -0.1) is 0 Å². The zero-order valence-corrected chi connectivity index (χ0v) is 21.1. The van der Waals surface area contributed by atoms with Crippen molar-refractivity contribution in [3.8, 4) is 5.69 Å². The number of hydrogen-bond acceptors (Lipinski definition) is 2. The first-order chi connectivity index (χ1) is 16.4. The summed E-state index contributed by atoms with van der Waals surface area (Å²) in [6, 6.07) is 23.4. The molecule has 34 heavy (non-hydrogen) atoms. The van der Waals surface area contributed by atoms with Crippen molar-refractivity contribution >= 4 is 23.0 Å². The van der Waals surface area contributed by atoms with E-state index >= 15 is 0 Å². The van der Waals surface area contributed by atoms with Gasteiger partial charge in [0, 0.05) is 29.0 Å². The molecule has 4 aromatic rings. The van der Waals surface area contributed by atoms with Crippen molar-refractivity contribution in [2.75, 3.05) is 4.90 Å². The number of nitrogens with one attached hydrogen (secondary N) is 1. The number of aromatic nitrogens is 2. The van der Waals surface area contributed by atoms with Gasteiger partial charge in [0.05, 0.1) is 17.8 Å². The lowest BCUT2D eigenvalue weighted by Gasteiger charge is -2.28. The maximum absolute atomic E-state index is 5.93. The summed E-state index contributed by atoms with van der Waals surface area (Å²) in [5, 5.41) is 4.32. The molecule has 0 spiro atoms. The second-order valence-electron chi connectivity index (χ2n) is 9.21. The first-order valence-electron chi connectivity index (χ1n) is 11.7. The van der Waals surface area contributed by atoms with Crippen molar-refractivity contribution in [3.05, 3.63) is 112 Å².